The maximum Gasteiger partial charge on any atom is 0.163 e. The minimum absolute atomic E-state index is 0.111. The summed E-state index contributed by atoms with van der Waals surface area (Å²) in [5.74, 6) is 2.77. The fraction of sp³-hybridized carbons (Fsp3) is 0.0444. The summed E-state index contributed by atoms with van der Waals surface area (Å²) >= 11 is 0. The van der Waals surface area contributed by atoms with Gasteiger partial charge in [-0.1, -0.05) is 121 Å². The maximum absolute atomic E-state index is 6.46. The topological polar surface area (TPSA) is 65.0 Å². The zero-order valence-corrected chi connectivity index (χ0v) is 27.0. The molecule has 1 aliphatic rings. The normalized spacial score (nSPS) is 14.0. The van der Waals surface area contributed by atoms with Gasteiger partial charge in [-0.05, 0) is 65.1 Å². The van der Waals surface area contributed by atoms with E-state index in [-0.39, 0.29) is 5.92 Å². The lowest BCUT2D eigenvalue weighted by Crippen LogP contribution is -2.11. The van der Waals surface area contributed by atoms with Crippen LogP contribution >= 0.6 is 0 Å². The SMILES string of the molecule is C1=Cc2oc3ccc(-c4ccc5oc6ccccc6c5c4)cc3c2C(c2nc(-c3ccccc3)nc(-c3ccc(-c4ccccc4)cc3)n2)C1. The van der Waals surface area contributed by atoms with Crippen molar-refractivity contribution in [3.05, 3.63) is 169 Å². The zero-order valence-electron chi connectivity index (χ0n) is 27.0. The summed E-state index contributed by atoms with van der Waals surface area (Å²) in [6.07, 6.45) is 5.00. The Morgan fingerprint density at radius 2 is 0.980 bits per heavy atom. The molecular weight excluding hydrogens is 615 g/mol. The predicted molar refractivity (Wildman–Crippen MR) is 201 cm³/mol. The summed E-state index contributed by atoms with van der Waals surface area (Å²) < 4.78 is 12.6. The molecule has 5 heteroatoms. The molecule has 50 heavy (non-hydrogen) atoms. The number of furan rings is 2. The highest BCUT2D eigenvalue weighted by Gasteiger charge is 2.29. The number of hydrogen-bond acceptors (Lipinski definition) is 5. The van der Waals surface area contributed by atoms with Crippen LogP contribution < -0.4 is 0 Å². The van der Waals surface area contributed by atoms with E-state index >= 15 is 0 Å². The van der Waals surface area contributed by atoms with Gasteiger partial charge in [0.15, 0.2) is 11.6 Å². The largest absolute Gasteiger partial charge is 0.456 e. The van der Waals surface area contributed by atoms with Gasteiger partial charge in [0.25, 0.3) is 0 Å². The van der Waals surface area contributed by atoms with Crippen molar-refractivity contribution in [3.63, 3.8) is 0 Å². The highest BCUT2D eigenvalue weighted by molar-refractivity contribution is 6.06. The Hall–Kier alpha value is -6.59. The lowest BCUT2D eigenvalue weighted by Gasteiger charge is -2.19. The molecule has 0 aliphatic heterocycles. The van der Waals surface area contributed by atoms with E-state index in [0.29, 0.717) is 11.6 Å². The standard InChI is InChI=1S/C45H29N3O2/c1-3-10-28(11-4-1)29-18-20-31(21-19-29)44-46-43(30-12-5-2-6-13-30)47-45(48-44)35-15-9-17-41-42(35)37-27-33(23-25-40(37)50-41)32-22-24-39-36(26-32)34-14-7-8-16-38(34)49-39/h1-14,16-27,35H,15H2. The first-order valence-electron chi connectivity index (χ1n) is 16.9. The Balaban J connectivity index is 1.10. The average molecular weight is 644 g/mol. The van der Waals surface area contributed by atoms with E-state index in [9.17, 15) is 0 Å². The molecule has 0 N–H and O–H groups in total. The third kappa shape index (κ3) is 4.82. The van der Waals surface area contributed by atoms with Gasteiger partial charge in [-0.25, -0.2) is 15.0 Å². The van der Waals surface area contributed by atoms with E-state index in [1.165, 1.54) is 5.56 Å². The number of allylic oxidation sites excluding steroid dienone is 1. The first-order chi connectivity index (χ1) is 24.7. The molecule has 1 unspecified atom stereocenters. The second kappa shape index (κ2) is 11.5. The van der Waals surface area contributed by atoms with Crippen LogP contribution in [0.4, 0.5) is 0 Å². The third-order valence-corrected chi connectivity index (χ3v) is 9.70. The van der Waals surface area contributed by atoms with Crippen molar-refractivity contribution in [1.29, 1.82) is 0 Å². The smallest absolute Gasteiger partial charge is 0.163 e. The van der Waals surface area contributed by atoms with E-state index in [1.54, 1.807) is 0 Å². The molecule has 9 aromatic rings. The first kappa shape index (κ1) is 28.4. The lowest BCUT2D eigenvalue weighted by molar-refractivity contribution is 0.586. The average Bonchev–Trinajstić information content (AvgIpc) is 3.76. The Bertz CT molecular complexity index is 2720. The molecule has 236 valence electrons. The summed E-state index contributed by atoms with van der Waals surface area (Å²) in [6, 6.07) is 50.1. The summed E-state index contributed by atoms with van der Waals surface area (Å²) in [7, 11) is 0. The maximum atomic E-state index is 6.46. The lowest BCUT2D eigenvalue weighted by atomic mass is 9.87. The number of fused-ring (bicyclic) bond motifs is 6. The van der Waals surface area contributed by atoms with E-state index in [4.69, 9.17) is 23.8 Å². The van der Waals surface area contributed by atoms with Crippen LogP contribution in [0.15, 0.2) is 161 Å². The van der Waals surface area contributed by atoms with Gasteiger partial charge in [-0.3, -0.25) is 0 Å². The molecule has 0 amide bonds. The van der Waals surface area contributed by atoms with Gasteiger partial charge < -0.3 is 8.83 Å². The Morgan fingerprint density at radius 3 is 1.72 bits per heavy atom. The first-order valence-corrected chi connectivity index (χ1v) is 16.9. The van der Waals surface area contributed by atoms with Crippen molar-refractivity contribution >= 4 is 39.0 Å². The van der Waals surface area contributed by atoms with Crippen LogP contribution in [0.1, 0.15) is 29.5 Å². The molecule has 0 radical (unpaired) electrons. The fourth-order valence-electron chi connectivity index (χ4n) is 7.20. The van der Waals surface area contributed by atoms with Gasteiger partial charge in [0.2, 0.25) is 0 Å². The summed E-state index contributed by atoms with van der Waals surface area (Å²) in [6.45, 7) is 0. The van der Waals surface area contributed by atoms with Crippen LogP contribution in [-0.4, -0.2) is 15.0 Å². The molecule has 3 aromatic heterocycles. The van der Waals surface area contributed by atoms with Crippen molar-refractivity contribution in [2.45, 2.75) is 12.3 Å². The monoisotopic (exact) mass is 643 g/mol. The second-order valence-corrected chi connectivity index (χ2v) is 12.7. The van der Waals surface area contributed by atoms with Crippen LogP contribution in [0, 0.1) is 0 Å². The van der Waals surface area contributed by atoms with Crippen molar-refractivity contribution in [2.75, 3.05) is 0 Å². The minimum atomic E-state index is -0.111. The highest BCUT2D eigenvalue weighted by atomic mass is 16.3. The van der Waals surface area contributed by atoms with E-state index in [0.717, 1.165) is 84.3 Å². The summed E-state index contributed by atoms with van der Waals surface area (Å²) in [4.78, 5) is 15.3. The van der Waals surface area contributed by atoms with Crippen molar-refractivity contribution < 1.29 is 8.83 Å². The third-order valence-electron chi connectivity index (χ3n) is 9.70. The van der Waals surface area contributed by atoms with Gasteiger partial charge in [0.05, 0.1) is 5.92 Å². The van der Waals surface area contributed by atoms with Gasteiger partial charge in [-0.2, -0.15) is 0 Å². The molecule has 0 saturated heterocycles. The zero-order chi connectivity index (χ0) is 33.0. The molecule has 3 heterocycles. The molecule has 0 saturated carbocycles. The van der Waals surface area contributed by atoms with E-state index < -0.39 is 0 Å². The van der Waals surface area contributed by atoms with E-state index in [1.807, 2.05) is 48.5 Å². The number of aromatic nitrogens is 3. The molecule has 5 nitrogen and oxygen atoms in total. The van der Waals surface area contributed by atoms with Crippen LogP contribution in [0.2, 0.25) is 0 Å². The van der Waals surface area contributed by atoms with Crippen LogP contribution in [0.5, 0.6) is 0 Å². The Labute approximate surface area is 288 Å². The molecule has 10 rings (SSSR count). The Kier molecular flexibility index (Phi) is 6.56. The summed E-state index contributed by atoms with van der Waals surface area (Å²) in [5.41, 5.74) is 10.2. The van der Waals surface area contributed by atoms with Crippen molar-refractivity contribution in [1.82, 2.24) is 15.0 Å². The van der Waals surface area contributed by atoms with Crippen LogP contribution in [-0.2, 0) is 0 Å². The number of hydrogen-bond donors (Lipinski definition) is 0. The van der Waals surface area contributed by atoms with Crippen molar-refractivity contribution in [3.8, 4) is 45.0 Å². The van der Waals surface area contributed by atoms with Crippen molar-refractivity contribution in [2.24, 2.45) is 0 Å². The number of para-hydroxylation sites is 1. The van der Waals surface area contributed by atoms with Crippen LogP contribution in [0.25, 0.3) is 84.0 Å². The molecule has 1 atom stereocenters. The number of benzene rings is 6. The molecule has 0 spiro atoms. The van der Waals surface area contributed by atoms with Gasteiger partial charge in [-0.15, -0.1) is 0 Å². The molecule has 0 bridgehead atoms. The summed E-state index contributed by atoms with van der Waals surface area (Å²) in [5, 5.41) is 3.29. The highest BCUT2D eigenvalue weighted by Crippen LogP contribution is 2.43. The van der Waals surface area contributed by atoms with Gasteiger partial charge in [0, 0.05) is 32.8 Å². The molecule has 6 aromatic carbocycles. The molecule has 0 fully saturated rings. The van der Waals surface area contributed by atoms with E-state index in [2.05, 4.69) is 109 Å². The number of nitrogens with zero attached hydrogens (tertiary/aromatic N) is 3. The fourth-order valence-corrected chi connectivity index (χ4v) is 7.20. The van der Waals surface area contributed by atoms with Gasteiger partial charge in [0.1, 0.15) is 28.3 Å². The van der Waals surface area contributed by atoms with Crippen LogP contribution in [0.3, 0.4) is 0 Å². The quantitative estimate of drug-likeness (QED) is 0.187. The molecule has 1 aliphatic carbocycles. The van der Waals surface area contributed by atoms with Gasteiger partial charge >= 0.3 is 0 Å². The predicted octanol–water partition coefficient (Wildman–Crippen LogP) is 11.7. The number of rotatable bonds is 5. The minimum Gasteiger partial charge on any atom is -0.456 e. The Morgan fingerprint density at radius 1 is 0.440 bits per heavy atom. The second-order valence-electron chi connectivity index (χ2n) is 12.7. The molecular formula is C45H29N3O2.